The lowest BCUT2D eigenvalue weighted by atomic mass is 10.1. The van der Waals surface area contributed by atoms with Crippen LogP contribution >= 0.6 is 11.3 Å². The molecule has 0 unspecified atom stereocenters. The van der Waals surface area contributed by atoms with Crippen LogP contribution in [0.2, 0.25) is 0 Å². The number of thiazole rings is 1. The van der Waals surface area contributed by atoms with Crippen molar-refractivity contribution in [1.82, 2.24) is 15.2 Å². The van der Waals surface area contributed by atoms with E-state index < -0.39 is 11.7 Å². The molecule has 0 saturated carbocycles. The Labute approximate surface area is 170 Å². The van der Waals surface area contributed by atoms with E-state index in [1.54, 1.807) is 6.92 Å². The SMILES string of the molecule is Cc1nc(-c2ccc(C(F)(F)F)cc2)sc1C(=O)NCCC(=O)N1CCCCC1. The molecule has 9 heteroatoms. The Hall–Kier alpha value is -2.42. The van der Waals surface area contributed by atoms with Crippen molar-refractivity contribution in [2.24, 2.45) is 0 Å². The molecule has 5 nitrogen and oxygen atoms in total. The van der Waals surface area contributed by atoms with E-state index in [0.29, 0.717) is 21.1 Å². The van der Waals surface area contributed by atoms with Crippen molar-refractivity contribution >= 4 is 23.2 Å². The van der Waals surface area contributed by atoms with E-state index in [4.69, 9.17) is 0 Å². The molecule has 3 rings (SSSR count). The number of piperidine rings is 1. The van der Waals surface area contributed by atoms with Gasteiger partial charge in [-0.25, -0.2) is 4.98 Å². The Morgan fingerprint density at radius 1 is 1.14 bits per heavy atom. The first-order valence-electron chi connectivity index (χ1n) is 9.47. The molecule has 156 valence electrons. The molecule has 2 aromatic rings. The summed E-state index contributed by atoms with van der Waals surface area (Å²) in [4.78, 5) is 31.1. The highest BCUT2D eigenvalue weighted by molar-refractivity contribution is 7.17. The number of benzene rings is 1. The van der Waals surface area contributed by atoms with Crippen LogP contribution in [0.5, 0.6) is 0 Å². The number of nitrogens with zero attached hydrogens (tertiary/aromatic N) is 2. The molecule has 0 spiro atoms. The van der Waals surface area contributed by atoms with Gasteiger partial charge in [-0.1, -0.05) is 12.1 Å². The summed E-state index contributed by atoms with van der Waals surface area (Å²) in [6.45, 7) is 3.47. The van der Waals surface area contributed by atoms with Gasteiger partial charge in [0.15, 0.2) is 0 Å². The molecule has 0 radical (unpaired) electrons. The van der Waals surface area contributed by atoms with Crippen molar-refractivity contribution in [3.63, 3.8) is 0 Å². The summed E-state index contributed by atoms with van der Waals surface area (Å²) in [6, 6.07) is 4.69. The fourth-order valence-corrected chi connectivity index (χ4v) is 4.19. The largest absolute Gasteiger partial charge is 0.416 e. The lowest BCUT2D eigenvalue weighted by molar-refractivity contribution is -0.137. The van der Waals surface area contributed by atoms with Crippen LogP contribution in [0.3, 0.4) is 0 Å². The van der Waals surface area contributed by atoms with Gasteiger partial charge in [0.1, 0.15) is 9.88 Å². The topological polar surface area (TPSA) is 62.3 Å². The van der Waals surface area contributed by atoms with Crippen molar-refractivity contribution in [1.29, 1.82) is 0 Å². The third-order valence-electron chi connectivity index (χ3n) is 4.80. The first-order chi connectivity index (χ1) is 13.8. The minimum Gasteiger partial charge on any atom is -0.351 e. The van der Waals surface area contributed by atoms with Crippen LogP contribution in [0.1, 0.15) is 46.6 Å². The highest BCUT2D eigenvalue weighted by Crippen LogP contribution is 2.33. The number of rotatable bonds is 5. The monoisotopic (exact) mass is 425 g/mol. The summed E-state index contributed by atoms with van der Waals surface area (Å²) in [5.74, 6) is -0.291. The number of likely N-dealkylation sites (tertiary alicyclic amines) is 1. The molecule has 29 heavy (non-hydrogen) atoms. The van der Waals surface area contributed by atoms with Gasteiger partial charge in [0.25, 0.3) is 5.91 Å². The fourth-order valence-electron chi connectivity index (χ4n) is 3.20. The van der Waals surface area contributed by atoms with E-state index in [-0.39, 0.29) is 24.8 Å². The van der Waals surface area contributed by atoms with Crippen molar-refractivity contribution in [3.8, 4) is 10.6 Å². The minimum atomic E-state index is -4.39. The molecule has 1 saturated heterocycles. The van der Waals surface area contributed by atoms with Crippen LogP contribution in [0.25, 0.3) is 10.6 Å². The van der Waals surface area contributed by atoms with Gasteiger partial charge >= 0.3 is 6.18 Å². The number of nitrogens with one attached hydrogen (secondary N) is 1. The third kappa shape index (κ3) is 5.35. The van der Waals surface area contributed by atoms with E-state index in [9.17, 15) is 22.8 Å². The summed E-state index contributed by atoms with van der Waals surface area (Å²) >= 11 is 1.12. The van der Waals surface area contributed by atoms with E-state index in [0.717, 1.165) is 55.8 Å². The standard InChI is InChI=1S/C20H22F3N3O2S/c1-13-17(18(28)24-10-9-16(27)26-11-3-2-4-12-26)29-19(25-13)14-5-7-15(8-6-14)20(21,22)23/h5-8H,2-4,9-12H2,1H3,(H,24,28). The Bertz CT molecular complexity index is 872. The predicted octanol–water partition coefficient (Wildman–Crippen LogP) is 4.27. The van der Waals surface area contributed by atoms with E-state index in [2.05, 4.69) is 10.3 Å². The second-order valence-electron chi connectivity index (χ2n) is 6.96. The summed E-state index contributed by atoms with van der Waals surface area (Å²) in [5.41, 5.74) is 0.293. The Morgan fingerprint density at radius 3 is 2.41 bits per heavy atom. The average Bonchev–Trinajstić information content (AvgIpc) is 3.09. The van der Waals surface area contributed by atoms with Gasteiger partial charge in [-0.2, -0.15) is 13.2 Å². The number of aryl methyl sites for hydroxylation is 1. The highest BCUT2D eigenvalue weighted by Gasteiger charge is 2.30. The number of hydrogen-bond donors (Lipinski definition) is 1. The molecule has 0 atom stereocenters. The Morgan fingerprint density at radius 2 is 1.79 bits per heavy atom. The molecule has 1 aliphatic heterocycles. The van der Waals surface area contributed by atoms with Crippen LogP contribution in [-0.2, 0) is 11.0 Å². The molecule has 1 aliphatic rings. The summed E-state index contributed by atoms with van der Waals surface area (Å²) in [7, 11) is 0. The normalized spacial score (nSPS) is 14.7. The maximum Gasteiger partial charge on any atom is 0.416 e. The fraction of sp³-hybridized carbons (Fsp3) is 0.450. The van der Waals surface area contributed by atoms with Crippen LogP contribution in [0.4, 0.5) is 13.2 Å². The first-order valence-corrected chi connectivity index (χ1v) is 10.3. The molecule has 1 N–H and O–H groups in total. The number of hydrogen-bond acceptors (Lipinski definition) is 4. The van der Waals surface area contributed by atoms with Gasteiger partial charge in [-0.05, 0) is 38.3 Å². The molecule has 2 amide bonds. The number of carbonyl (C=O) groups is 2. The number of amides is 2. The quantitative estimate of drug-likeness (QED) is 0.778. The zero-order valence-electron chi connectivity index (χ0n) is 16.0. The molecular weight excluding hydrogens is 403 g/mol. The minimum absolute atomic E-state index is 0.0384. The molecule has 1 aromatic carbocycles. The van der Waals surface area contributed by atoms with Crippen LogP contribution in [0.15, 0.2) is 24.3 Å². The Balaban J connectivity index is 1.59. The van der Waals surface area contributed by atoms with Gasteiger partial charge in [-0.3, -0.25) is 9.59 Å². The van der Waals surface area contributed by atoms with Crippen molar-refractivity contribution < 1.29 is 22.8 Å². The second kappa shape index (κ2) is 8.94. The lowest BCUT2D eigenvalue weighted by Gasteiger charge is -2.26. The smallest absolute Gasteiger partial charge is 0.351 e. The molecular formula is C20H22F3N3O2S. The van der Waals surface area contributed by atoms with Gasteiger partial charge in [0, 0.05) is 31.6 Å². The second-order valence-corrected chi connectivity index (χ2v) is 7.96. The predicted molar refractivity (Wildman–Crippen MR) is 105 cm³/mol. The Kier molecular flexibility index (Phi) is 6.56. The number of halogens is 3. The van der Waals surface area contributed by atoms with Gasteiger partial charge < -0.3 is 10.2 Å². The van der Waals surface area contributed by atoms with Crippen LogP contribution in [-0.4, -0.2) is 41.3 Å². The van der Waals surface area contributed by atoms with Gasteiger partial charge in [0.2, 0.25) is 5.91 Å². The third-order valence-corrected chi connectivity index (χ3v) is 6.00. The van der Waals surface area contributed by atoms with Gasteiger partial charge in [-0.15, -0.1) is 11.3 Å². The number of carbonyl (C=O) groups excluding carboxylic acids is 2. The van der Waals surface area contributed by atoms with Crippen molar-refractivity contribution in [3.05, 3.63) is 40.4 Å². The lowest BCUT2D eigenvalue weighted by Crippen LogP contribution is -2.37. The van der Waals surface area contributed by atoms with Crippen LogP contribution in [0, 0.1) is 6.92 Å². The molecule has 2 heterocycles. The van der Waals surface area contributed by atoms with Gasteiger partial charge in [0.05, 0.1) is 11.3 Å². The summed E-state index contributed by atoms with van der Waals surface area (Å²) in [5, 5.41) is 3.22. The first kappa shape index (κ1) is 21.3. The van der Waals surface area contributed by atoms with Crippen molar-refractivity contribution in [2.45, 2.75) is 38.8 Å². The zero-order valence-corrected chi connectivity index (χ0v) is 16.8. The number of aromatic nitrogens is 1. The number of alkyl halides is 3. The summed E-state index contributed by atoms with van der Waals surface area (Å²) < 4.78 is 38.1. The van der Waals surface area contributed by atoms with Crippen molar-refractivity contribution in [2.75, 3.05) is 19.6 Å². The average molecular weight is 425 g/mol. The zero-order chi connectivity index (χ0) is 21.0. The molecule has 0 aliphatic carbocycles. The maximum absolute atomic E-state index is 12.7. The van der Waals surface area contributed by atoms with E-state index >= 15 is 0 Å². The molecule has 0 bridgehead atoms. The molecule has 1 aromatic heterocycles. The molecule has 1 fully saturated rings. The maximum atomic E-state index is 12.7. The van der Waals surface area contributed by atoms with E-state index in [1.807, 2.05) is 4.90 Å². The van der Waals surface area contributed by atoms with Crippen LogP contribution < -0.4 is 5.32 Å². The van der Waals surface area contributed by atoms with E-state index in [1.165, 1.54) is 12.1 Å². The highest BCUT2D eigenvalue weighted by atomic mass is 32.1. The summed E-state index contributed by atoms with van der Waals surface area (Å²) in [6.07, 6.45) is -0.967.